The topological polar surface area (TPSA) is 83.0 Å². The van der Waals surface area contributed by atoms with Crippen LogP contribution in [0.1, 0.15) is 36.0 Å². The molecule has 1 fully saturated rings. The Hall–Kier alpha value is -1.93. The highest BCUT2D eigenvalue weighted by Gasteiger charge is 2.23. The molecule has 1 aliphatic carbocycles. The molecule has 1 amide bonds. The highest BCUT2D eigenvalue weighted by molar-refractivity contribution is 9.10. The van der Waals surface area contributed by atoms with Crippen molar-refractivity contribution in [2.24, 2.45) is 0 Å². The first-order valence-corrected chi connectivity index (χ1v) is 9.49. The van der Waals surface area contributed by atoms with E-state index in [4.69, 9.17) is 0 Å². The van der Waals surface area contributed by atoms with Crippen LogP contribution in [-0.4, -0.2) is 47.0 Å². The molecule has 0 aliphatic heterocycles. The largest absolute Gasteiger partial charge is 0.363 e. The third-order valence-corrected chi connectivity index (χ3v) is 4.90. The van der Waals surface area contributed by atoms with E-state index in [1.807, 2.05) is 25.1 Å². The third-order valence-electron chi connectivity index (χ3n) is 4.46. The maximum absolute atomic E-state index is 12.3. The zero-order chi connectivity index (χ0) is 18.5. The summed E-state index contributed by atoms with van der Waals surface area (Å²) in [5.74, 6) is 1.47. The fourth-order valence-corrected chi connectivity index (χ4v) is 3.40. The number of pyridine rings is 1. The molecule has 2 heterocycles. The van der Waals surface area contributed by atoms with Crippen LogP contribution in [-0.2, 0) is 0 Å². The first-order valence-electron chi connectivity index (χ1n) is 8.69. The molecule has 0 atom stereocenters. The van der Waals surface area contributed by atoms with Crippen molar-refractivity contribution in [1.82, 2.24) is 20.3 Å². The smallest absolute Gasteiger partial charge is 0.253 e. The number of aromatic nitrogens is 3. The predicted molar refractivity (Wildman–Crippen MR) is 113 cm³/mol. The van der Waals surface area contributed by atoms with Gasteiger partial charge in [-0.15, -0.1) is 12.4 Å². The molecular weight excluding hydrogens is 432 g/mol. The van der Waals surface area contributed by atoms with Gasteiger partial charge in [-0.3, -0.25) is 9.78 Å². The quantitative estimate of drug-likeness (QED) is 0.720. The number of halogens is 2. The molecule has 9 heteroatoms. The van der Waals surface area contributed by atoms with Crippen LogP contribution >= 0.6 is 28.3 Å². The number of carbonyl (C=O) groups is 1. The van der Waals surface area contributed by atoms with Crippen LogP contribution in [0.4, 0.5) is 11.8 Å². The van der Waals surface area contributed by atoms with Gasteiger partial charge in [-0.05, 0) is 53.7 Å². The van der Waals surface area contributed by atoms with E-state index >= 15 is 0 Å². The molecule has 27 heavy (non-hydrogen) atoms. The number of hydrogen-bond acceptors (Lipinski definition) is 6. The van der Waals surface area contributed by atoms with Crippen LogP contribution < -0.4 is 15.5 Å². The molecule has 0 radical (unpaired) electrons. The Bertz CT molecular complexity index is 767. The van der Waals surface area contributed by atoms with Crippen molar-refractivity contribution in [2.45, 2.75) is 37.8 Å². The summed E-state index contributed by atoms with van der Waals surface area (Å²) >= 11 is 3.34. The Morgan fingerprint density at radius 3 is 2.56 bits per heavy atom. The van der Waals surface area contributed by atoms with E-state index in [9.17, 15) is 4.79 Å². The lowest BCUT2D eigenvalue weighted by atomic mass is 9.91. The second-order valence-corrected chi connectivity index (χ2v) is 7.61. The summed E-state index contributed by atoms with van der Waals surface area (Å²) in [6, 6.07) is 4.18. The average molecular weight is 456 g/mol. The highest BCUT2D eigenvalue weighted by atomic mass is 79.9. The van der Waals surface area contributed by atoms with E-state index in [-0.39, 0.29) is 24.4 Å². The van der Waals surface area contributed by atoms with Crippen molar-refractivity contribution < 1.29 is 4.79 Å². The third kappa shape index (κ3) is 6.04. The maximum Gasteiger partial charge on any atom is 0.253 e. The molecular formula is C18H24BrClN6O. The van der Waals surface area contributed by atoms with Crippen molar-refractivity contribution in [1.29, 1.82) is 0 Å². The molecule has 3 rings (SSSR count). The van der Waals surface area contributed by atoms with Gasteiger partial charge < -0.3 is 15.5 Å². The van der Waals surface area contributed by atoms with Gasteiger partial charge in [-0.2, -0.15) is 4.98 Å². The van der Waals surface area contributed by atoms with Crippen molar-refractivity contribution in [3.8, 4) is 0 Å². The van der Waals surface area contributed by atoms with Crippen molar-refractivity contribution in [2.75, 3.05) is 24.3 Å². The number of nitrogens with one attached hydrogen (secondary N) is 2. The molecule has 0 bridgehead atoms. The zero-order valence-electron chi connectivity index (χ0n) is 15.4. The lowest BCUT2D eigenvalue weighted by Gasteiger charge is -2.29. The first kappa shape index (κ1) is 21.4. The second-order valence-electron chi connectivity index (χ2n) is 6.69. The second kappa shape index (κ2) is 9.85. The average Bonchev–Trinajstić information content (AvgIpc) is 2.63. The lowest BCUT2D eigenvalue weighted by molar-refractivity contribution is 0.0926. The Balaban J connectivity index is 0.00000261. The molecule has 0 spiro atoms. The molecule has 0 saturated heterocycles. The van der Waals surface area contributed by atoms with E-state index < -0.39 is 0 Å². The van der Waals surface area contributed by atoms with Crippen molar-refractivity contribution >= 4 is 46.0 Å². The van der Waals surface area contributed by atoms with E-state index in [1.165, 1.54) is 0 Å². The summed E-state index contributed by atoms with van der Waals surface area (Å²) in [5.41, 5.74) is 0.577. The minimum Gasteiger partial charge on any atom is -0.363 e. The monoisotopic (exact) mass is 454 g/mol. The van der Waals surface area contributed by atoms with Gasteiger partial charge in [-0.1, -0.05) is 0 Å². The van der Waals surface area contributed by atoms with Gasteiger partial charge >= 0.3 is 0 Å². The summed E-state index contributed by atoms with van der Waals surface area (Å²) in [7, 11) is 3.92. The van der Waals surface area contributed by atoms with Gasteiger partial charge in [0.1, 0.15) is 5.82 Å². The van der Waals surface area contributed by atoms with Gasteiger partial charge in [0.05, 0.1) is 5.56 Å². The Labute approximate surface area is 173 Å². The lowest BCUT2D eigenvalue weighted by Crippen LogP contribution is -2.40. The van der Waals surface area contributed by atoms with Gasteiger partial charge in [0, 0.05) is 49.2 Å². The molecule has 2 aromatic heterocycles. The number of amides is 1. The van der Waals surface area contributed by atoms with Gasteiger partial charge in [0.25, 0.3) is 5.91 Å². The molecule has 1 aliphatic rings. The van der Waals surface area contributed by atoms with E-state index in [0.29, 0.717) is 17.6 Å². The van der Waals surface area contributed by atoms with Gasteiger partial charge in [0.15, 0.2) is 0 Å². The molecule has 146 valence electrons. The normalized spacial score (nSPS) is 18.9. The van der Waals surface area contributed by atoms with Crippen LogP contribution in [0, 0.1) is 0 Å². The van der Waals surface area contributed by atoms with Crippen LogP contribution in [0.2, 0.25) is 0 Å². The summed E-state index contributed by atoms with van der Waals surface area (Å²) in [6.45, 7) is 0. The van der Waals surface area contributed by atoms with E-state index in [2.05, 4.69) is 41.5 Å². The van der Waals surface area contributed by atoms with Gasteiger partial charge in [0.2, 0.25) is 5.95 Å². The summed E-state index contributed by atoms with van der Waals surface area (Å²) < 4.78 is 0.804. The highest BCUT2D eigenvalue weighted by Crippen LogP contribution is 2.22. The first-order chi connectivity index (χ1) is 12.5. The van der Waals surface area contributed by atoms with Crippen molar-refractivity contribution in [3.63, 3.8) is 0 Å². The maximum atomic E-state index is 12.3. The number of nitrogens with zero attached hydrogens (tertiary/aromatic N) is 4. The summed E-state index contributed by atoms with van der Waals surface area (Å²) in [6.07, 6.45) is 8.82. The molecule has 7 nitrogen and oxygen atoms in total. The van der Waals surface area contributed by atoms with E-state index in [1.54, 1.807) is 24.7 Å². The number of carbonyl (C=O) groups excluding carboxylic acids is 1. The standard InChI is InChI=1S/C18H23BrN6O.ClH/c1-25(2)16-7-8-21-18(24-16)23-15-5-3-14(4-6-15)22-17(26)12-9-13(19)11-20-10-12;/h7-11,14-15H,3-6H2,1-2H3,(H,22,26)(H,21,23,24);1H. The molecule has 1 saturated carbocycles. The molecule has 2 aromatic rings. The van der Waals surface area contributed by atoms with Gasteiger partial charge in [-0.25, -0.2) is 4.98 Å². The minimum atomic E-state index is -0.0720. The fraction of sp³-hybridized carbons (Fsp3) is 0.444. The Kier molecular flexibility index (Phi) is 7.79. The zero-order valence-corrected chi connectivity index (χ0v) is 17.8. The fourth-order valence-electron chi connectivity index (χ4n) is 3.04. The molecule has 0 aromatic carbocycles. The minimum absolute atomic E-state index is 0. The van der Waals surface area contributed by atoms with E-state index in [0.717, 1.165) is 36.0 Å². The SMILES string of the molecule is CN(C)c1ccnc(NC2CCC(NC(=O)c3cncc(Br)c3)CC2)n1.Cl. The van der Waals surface area contributed by atoms with Crippen LogP contribution in [0.25, 0.3) is 0 Å². The Morgan fingerprint density at radius 1 is 1.19 bits per heavy atom. The predicted octanol–water partition coefficient (Wildman–Crippen LogP) is 3.28. The summed E-state index contributed by atoms with van der Waals surface area (Å²) in [5, 5.41) is 6.52. The molecule has 0 unspecified atom stereocenters. The number of hydrogen-bond donors (Lipinski definition) is 2. The number of rotatable bonds is 5. The van der Waals surface area contributed by atoms with Crippen LogP contribution in [0.3, 0.4) is 0 Å². The van der Waals surface area contributed by atoms with Crippen LogP contribution in [0.5, 0.6) is 0 Å². The molecule has 2 N–H and O–H groups in total. The number of anilines is 2. The van der Waals surface area contributed by atoms with Crippen molar-refractivity contribution in [3.05, 3.63) is 40.8 Å². The summed E-state index contributed by atoms with van der Waals surface area (Å²) in [4.78, 5) is 27.1. The Morgan fingerprint density at radius 2 is 1.89 bits per heavy atom. The van der Waals surface area contributed by atoms with Crippen LogP contribution in [0.15, 0.2) is 35.2 Å².